The highest BCUT2D eigenvalue weighted by molar-refractivity contribution is 6.35. The number of amides is 2. The van der Waals surface area contributed by atoms with E-state index in [-0.39, 0.29) is 57.3 Å². The van der Waals surface area contributed by atoms with Gasteiger partial charge in [0.2, 0.25) is 5.91 Å². The van der Waals surface area contributed by atoms with E-state index in [4.69, 9.17) is 21.3 Å². The molecule has 1 aromatic carbocycles. The second-order valence-electron chi connectivity index (χ2n) is 10.9. The van der Waals surface area contributed by atoms with Crippen molar-refractivity contribution in [1.29, 1.82) is 0 Å². The summed E-state index contributed by atoms with van der Waals surface area (Å²) in [5.41, 5.74) is 0.0375. The van der Waals surface area contributed by atoms with Gasteiger partial charge in [0.05, 0.1) is 11.6 Å². The van der Waals surface area contributed by atoms with Crippen LogP contribution in [0.1, 0.15) is 30.1 Å². The molecule has 1 N–H and O–H groups in total. The predicted molar refractivity (Wildman–Crippen MR) is 145 cm³/mol. The van der Waals surface area contributed by atoms with Crippen LogP contribution < -0.4 is 9.64 Å². The van der Waals surface area contributed by atoms with Crippen LogP contribution in [0.2, 0.25) is 5.02 Å². The van der Waals surface area contributed by atoms with E-state index in [9.17, 15) is 14.7 Å². The molecule has 1 unspecified atom stereocenters. The molecule has 9 nitrogen and oxygen atoms in total. The Kier molecular flexibility index (Phi) is 6.42. The molecule has 2 amide bonds. The van der Waals surface area contributed by atoms with E-state index in [0.29, 0.717) is 38.5 Å². The predicted octanol–water partition coefficient (Wildman–Crippen LogP) is 3.15. The standard InChI is InChI=1S/C28H31ClFN5O4/c1-3-20(37)32-11-13-35-17(14-32)15-39-25-22(27(35)38)26(33-10-12-34-9-5-8-28(34,2)16-33)31-24(23(25)29)21-18(30)6-4-7-19(21)36/h3-4,6-7,17,36H,1,5,8-16H2,2H3/t17-,28?/m1/s1. The maximum absolute atomic E-state index is 15.1. The molecule has 39 heavy (non-hydrogen) atoms. The van der Waals surface area contributed by atoms with Gasteiger partial charge in [0, 0.05) is 44.8 Å². The molecular formula is C28H31ClFN5O4. The summed E-state index contributed by atoms with van der Waals surface area (Å²) in [5.74, 6) is -0.984. The summed E-state index contributed by atoms with van der Waals surface area (Å²) in [5, 5.41) is 10.6. The van der Waals surface area contributed by atoms with Crippen molar-refractivity contribution in [2.24, 2.45) is 0 Å². The van der Waals surface area contributed by atoms with Gasteiger partial charge in [0.25, 0.3) is 5.91 Å². The Labute approximate surface area is 231 Å². The number of aromatic hydroxyl groups is 1. The van der Waals surface area contributed by atoms with E-state index in [1.165, 1.54) is 24.3 Å². The highest BCUT2D eigenvalue weighted by Crippen LogP contribution is 2.47. The quantitative estimate of drug-likeness (QED) is 0.582. The molecule has 0 radical (unpaired) electrons. The van der Waals surface area contributed by atoms with Crippen LogP contribution in [0, 0.1) is 5.82 Å². The van der Waals surface area contributed by atoms with Gasteiger partial charge in [-0.3, -0.25) is 14.5 Å². The van der Waals surface area contributed by atoms with Crippen LogP contribution in [0.5, 0.6) is 11.5 Å². The second-order valence-corrected chi connectivity index (χ2v) is 11.3. The van der Waals surface area contributed by atoms with Gasteiger partial charge in [0.15, 0.2) is 5.75 Å². The first-order valence-electron chi connectivity index (χ1n) is 13.3. The number of ether oxygens (including phenoxy) is 1. The van der Waals surface area contributed by atoms with Gasteiger partial charge in [-0.2, -0.15) is 0 Å². The number of fused-ring (bicyclic) bond motifs is 3. The highest BCUT2D eigenvalue weighted by Gasteiger charge is 2.45. The van der Waals surface area contributed by atoms with Crippen molar-refractivity contribution in [2.75, 3.05) is 57.3 Å². The number of phenolic OH excluding ortho intramolecular Hbond substituents is 1. The lowest BCUT2D eigenvalue weighted by molar-refractivity contribution is -0.128. The molecule has 3 fully saturated rings. The Hall–Kier alpha value is -3.37. The van der Waals surface area contributed by atoms with Crippen molar-refractivity contribution < 1.29 is 23.8 Å². The Morgan fingerprint density at radius 2 is 2.08 bits per heavy atom. The van der Waals surface area contributed by atoms with Crippen molar-refractivity contribution in [3.8, 4) is 22.8 Å². The summed E-state index contributed by atoms with van der Waals surface area (Å²) in [4.78, 5) is 39.2. The maximum Gasteiger partial charge on any atom is 0.261 e. The molecule has 4 aliphatic heterocycles. The third kappa shape index (κ3) is 4.21. The van der Waals surface area contributed by atoms with Gasteiger partial charge in [-0.25, -0.2) is 9.37 Å². The molecule has 2 aromatic rings. The number of piperazine rings is 2. The smallest absolute Gasteiger partial charge is 0.261 e. The number of hydrogen-bond acceptors (Lipinski definition) is 7. The van der Waals surface area contributed by atoms with Crippen molar-refractivity contribution in [1.82, 2.24) is 19.7 Å². The van der Waals surface area contributed by atoms with E-state index >= 15 is 4.39 Å². The van der Waals surface area contributed by atoms with E-state index in [2.05, 4.69) is 23.3 Å². The molecule has 206 valence electrons. The minimum Gasteiger partial charge on any atom is -0.507 e. The Morgan fingerprint density at radius 3 is 2.85 bits per heavy atom. The molecule has 2 atom stereocenters. The zero-order valence-corrected chi connectivity index (χ0v) is 22.6. The molecule has 4 aliphatic rings. The summed E-state index contributed by atoms with van der Waals surface area (Å²) in [6, 6.07) is 3.60. The zero-order valence-electron chi connectivity index (χ0n) is 21.8. The Balaban J connectivity index is 1.49. The van der Waals surface area contributed by atoms with Crippen LogP contribution in [-0.2, 0) is 4.79 Å². The normalized spacial score (nSPS) is 24.9. The number of pyridine rings is 1. The molecule has 5 heterocycles. The molecule has 1 aromatic heterocycles. The SMILES string of the molecule is C=CC(=O)N1CCN2C(=O)c3c(N4CCN5CCCC5(C)C4)nc(-c4c(O)cccc4F)c(Cl)c3OC[C@H]2C1. The van der Waals surface area contributed by atoms with E-state index < -0.39 is 11.9 Å². The number of halogens is 2. The number of phenols is 1. The van der Waals surface area contributed by atoms with Gasteiger partial charge in [-0.1, -0.05) is 24.2 Å². The fraction of sp³-hybridized carbons (Fsp3) is 0.464. The van der Waals surface area contributed by atoms with Crippen LogP contribution in [-0.4, -0.2) is 101 Å². The Bertz CT molecular complexity index is 1350. The van der Waals surface area contributed by atoms with Gasteiger partial charge in [0.1, 0.15) is 40.3 Å². The van der Waals surface area contributed by atoms with E-state index in [0.717, 1.165) is 25.9 Å². The molecule has 11 heteroatoms. The first-order valence-corrected chi connectivity index (χ1v) is 13.7. The number of carbonyl (C=O) groups is 2. The second kappa shape index (κ2) is 9.67. The molecule has 3 saturated heterocycles. The highest BCUT2D eigenvalue weighted by atomic mass is 35.5. The van der Waals surface area contributed by atoms with Crippen molar-refractivity contribution in [3.63, 3.8) is 0 Å². The number of anilines is 1. The molecule has 6 rings (SSSR count). The third-order valence-electron chi connectivity index (χ3n) is 8.55. The molecular weight excluding hydrogens is 525 g/mol. The van der Waals surface area contributed by atoms with Gasteiger partial charge in [-0.15, -0.1) is 0 Å². The van der Waals surface area contributed by atoms with Crippen LogP contribution in [0.3, 0.4) is 0 Å². The average Bonchev–Trinajstić information content (AvgIpc) is 3.25. The fourth-order valence-electron chi connectivity index (χ4n) is 6.47. The van der Waals surface area contributed by atoms with Crippen molar-refractivity contribution >= 4 is 29.2 Å². The number of carbonyl (C=O) groups excluding carboxylic acids is 2. The van der Waals surface area contributed by atoms with E-state index in [1.54, 1.807) is 9.80 Å². The van der Waals surface area contributed by atoms with Crippen LogP contribution in [0.4, 0.5) is 10.2 Å². The largest absolute Gasteiger partial charge is 0.507 e. The Morgan fingerprint density at radius 1 is 1.26 bits per heavy atom. The number of hydrogen-bond donors (Lipinski definition) is 1. The van der Waals surface area contributed by atoms with E-state index in [1.807, 2.05) is 0 Å². The van der Waals surface area contributed by atoms with Crippen molar-refractivity contribution in [3.05, 3.63) is 47.3 Å². The minimum absolute atomic E-state index is 0.0242. The lowest BCUT2D eigenvalue weighted by Crippen LogP contribution is -2.59. The number of benzene rings is 1. The molecule has 0 saturated carbocycles. The van der Waals surface area contributed by atoms with Crippen LogP contribution >= 0.6 is 11.6 Å². The first-order chi connectivity index (χ1) is 18.7. The summed E-state index contributed by atoms with van der Waals surface area (Å²) in [6.45, 7) is 9.96. The minimum atomic E-state index is -0.682. The fourth-order valence-corrected chi connectivity index (χ4v) is 6.76. The molecule has 0 bridgehead atoms. The van der Waals surface area contributed by atoms with Gasteiger partial charge >= 0.3 is 0 Å². The summed E-state index contributed by atoms with van der Waals surface area (Å²) >= 11 is 6.83. The summed E-state index contributed by atoms with van der Waals surface area (Å²) in [7, 11) is 0. The lowest BCUT2D eigenvalue weighted by Gasteiger charge is -2.46. The first kappa shape index (κ1) is 25.9. The number of rotatable bonds is 3. The van der Waals surface area contributed by atoms with Crippen molar-refractivity contribution in [2.45, 2.75) is 31.3 Å². The lowest BCUT2D eigenvalue weighted by atomic mass is 9.95. The summed E-state index contributed by atoms with van der Waals surface area (Å²) in [6.07, 6.45) is 3.38. The third-order valence-corrected chi connectivity index (χ3v) is 8.90. The monoisotopic (exact) mass is 555 g/mol. The molecule has 0 aliphatic carbocycles. The summed E-state index contributed by atoms with van der Waals surface area (Å²) < 4.78 is 21.3. The maximum atomic E-state index is 15.1. The number of nitrogens with zero attached hydrogens (tertiary/aromatic N) is 5. The number of aromatic nitrogens is 1. The molecule has 0 spiro atoms. The van der Waals surface area contributed by atoms with Crippen LogP contribution in [0.25, 0.3) is 11.3 Å². The zero-order chi connectivity index (χ0) is 27.5. The van der Waals surface area contributed by atoms with Gasteiger partial charge < -0.3 is 24.5 Å². The van der Waals surface area contributed by atoms with Crippen LogP contribution in [0.15, 0.2) is 30.9 Å². The average molecular weight is 556 g/mol. The topological polar surface area (TPSA) is 89.5 Å². The van der Waals surface area contributed by atoms with Gasteiger partial charge in [-0.05, 0) is 44.5 Å².